The standard InChI is InChI=1S/C29H34N4O5/c1-29(2,3)38-28(36)32-22-19-21-20-11-5-6-12-23(20)33(25-13-7-9-16-30-25)24(21)14-15-26(34)37-18-10-4-8-17-31-27(22)35/h5-7,9,11-16,22H,4,8,10,17-19H2,1-3H3,(H,31,35)(H,32,36)/b15-14+/t22-/m0/s1. The van der Waals surface area contributed by atoms with Crippen LogP contribution in [0.15, 0.2) is 54.7 Å². The Morgan fingerprint density at radius 3 is 2.63 bits per heavy atom. The van der Waals surface area contributed by atoms with Crippen molar-refractivity contribution in [3.8, 4) is 5.82 Å². The maximum absolute atomic E-state index is 13.3. The van der Waals surface area contributed by atoms with Crippen molar-refractivity contribution in [1.29, 1.82) is 0 Å². The number of benzene rings is 1. The number of hydrogen-bond acceptors (Lipinski definition) is 6. The van der Waals surface area contributed by atoms with Crippen LogP contribution in [0.4, 0.5) is 4.79 Å². The van der Waals surface area contributed by atoms with Gasteiger partial charge in [0.15, 0.2) is 0 Å². The SMILES string of the molecule is CC(C)(C)OC(=O)N[C@H]1Cc2c(n(-c3ccccn3)c3ccccc23)/C=C/C(=O)OCCCCCNC1=O. The first kappa shape index (κ1) is 26.9. The Balaban J connectivity index is 1.85. The van der Waals surface area contributed by atoms with E-state index in [2.05, 4.69) is 15.6 Å². The topological polar surface area (TPSA) is 112 Å². The number of fused-ring (bicyclic) bond motifs is 3. The quantitative estimate of drug-likeness (QED) is 0.489. The predicted molar refractivity (Wildman–Crippen MR) is 145 cm³/mol. The van der Waals surface area contributed by atoms with Gasteiger partial charge in [0.2, 0.25) is 5.91 Å². The van der Waals surface area contributed by atoms with Crippen molar-refractivity contribution in [2.24, 2.45) is 0 Å². The molecule has 200 valence electrons. The Kier molecular flexibility index (Phi) is 8.45. The molecule has 9 nitrogen and oxygen atoms in total. The first-order valence-electron chi connectivity index (χ1n) is 12.9. The van der Waals surface area contributed by atoms with Crippen LogP contribution >= 0.6 is 0 Å². The molecule has 4 rings (SSSR count). The Morgan fingerprint density at radius 2 is 1.87 bits per heavy atom. The van der Waals surface area contributed by atoms with Gasteiger partial charge in [-0.25, -0.2) is 14.6 Å². The van der Waals surface area contributed by atoms with E-state index in [9.17, 15) is 14.4 Å². The number of hydrogen-bond donors (Lipinski definition) is 2. The maximum Gasteiger partial charge on any atom is 0.408 e. The van der Waals surface area contributed by atoms with E-state index in [1.54, 1.807) is 33.0 Å². The van der Waals surface area contributed by atoms with Crippen molar-refractivity contribution < 1.29 is 23.9 Å². The number of carbonyl (C=O) groups is 3. The summed E-state index contributed by atoms with van der Waals surface area (Å²) < 4.78 is 12.8. The normalized spacial score (nSPS) is 18.3. The average molecular weight is 519 g/mol. The molecule has 38 heavy (non-hydrogen) atoms. The Hall–Kier alpha value is -4.14. The number of carbonyl (C=O) groups excluding carboxylic acids is 3. The summed E-state index contributed by atoms with van der Waals surface area (Å²) in [5, 5.41) is 6.58. The fourth-order valence-corrected chi connectivity index (χ4v) is 4.42. The van der Waals surface area contributed by atoms with Crippen molar-refractivity contribution in [2.75, 3.05) is 13.2 Å². The van der Waals surface area contributed by atoms with Gasteiger partial charge in [0.1, 0.15) is 17.5 Å². The second kappa shape index (κ2) is 11.9. The Labute approximate surface area is 222 Å². The lowest BCUT2D eigenvalue weighted by Gasteiger charge is -2.23. The molecule has 1 aliphatic heterocycles. The van der Waals surface area contributed by atoms with Gasteiger partial charge in [0.05, 0.1) is 17.8 Å². The first-order valence-corrected chi connectivity index (χ1v) is 12.9. The molecule has 0 saturated heterocycles. The van der Waals surface area contributed by atoms with Gasteiger partial charge in [-0.05, 0) is 69.9 Å². The number of pyridine rings is 1. The predicted octanol–water partition coefficient (Wildman–Crippen LogP) is 4.32. The minimum absolute atomic E-state index is 0.167. The number of aromatic nitrogens is 2. The molecule has 0 saturated carbocycles. The zero-order valence-electron chi connectivity index (χ0n) is 22.0. The van der Waals surface area contributed by atoms with Crippen LogP contribution in [-0.4, -0.2) is 52.3 Å². The van der Waals surface area contributed by atoms with E-state index in [4.69, 9.17) is 9.47 Å². The van der Waals surface area contributed by atoms with Crippen LogP contribution < -0.4 is 10.6 Å². The summed E-state index contributed by atoms with van der Waals surface area (Å²) in [5.41, 5.74) is 1.58. The molecule has 0 radical (unpaired) electrons. The van der Waals surface area contributed by atoms with Gasteiger partial charge < -0.3 is 20.1 Å². The highest BCUT2D eigenvalue weighted by molar-refractivity contribution is 5.94. The minimum Gasteiger partial charge on any atom is -0.463 e. The Morgan fingerprint density at radius 1 is 1.08 bits per heavy atom. The third-order valence-corrected chi connectivity index (χ3v) is 6.06. The zero-order valence-corrected chi connectivity index (χ0v) is 22.0. The lowest BCUT2D eigenvalue weighted by atomic mass is 10.0. The summed E-state index contributed by atoms with van der Waals surface area (Å²) in [6.45, 7) is 6.05. The molecule has 9 heteroatoms. The summed E-state index contributed by atoms with van der Waals surface area (Å²) in [4.78, 5) is 43.1. The molecule has 3 heterocycles. The number of esters is 1. The molecule has 0 bridgehead atoms. The highest BCUT2D eigenvalue weighted by atomic mass is 16.6. The summed E-state index contributed by atoms with van der Waals surface area (Å²) in [7, 11) is 0. The third kappa shape index (κ3) is 6.79. The molecule has 2 N–H and O–H groups in total. The van der Waals surface area contributed by atoms with Gasteiger partial charge in [-0.2, -0.15) is 0 Å². The van der Waals surface area contributed by atoms with Gasteiger partial charge >= 0.3 is 12.1 Å². The van der Waals surface area contributed by atoms with E-state index >= 15 is 0 Å². The lowest BCUT2D eigenvalue weighted by molar-refractivity contribution is -0.137. The van der Waals surface area contributed by atoms with Gasteiger partial charge in [-0.1, -0.05) is 24.3 Å². The van der Waals surface area contributed by atoms with Crippen molar-refractivity contribution in [3.63, 3.8) is 0 Å². The minimum atomic E-state index is -0.905. The molecule has 2 aromatic heterocycles. The van der Waals surface area contributed by atoms with Crippen molar-refractivity contribution >= 4 is 34.9 Å². The number of nitrogens with one attached hydrogen (secondary N) is 2. The zero-order chi connectivity index (χ0) is 27.1. The monoisotopic (exact) mass is 518 g/mol. The van der Waals surface area contributed by atoms with Crippen LogP contribution in [0.3, 0.4) is 0 Å². The van der Waals surface area contributed by atoms with Crippen LogP contribution in [0.5, 0.6) is 0 Å². The van der Waals surface area contributed by atoms with E-state index in [-0.39, 0.29) is 12.3 Å². The molecule has 0 fully saturated rings. The summed E-state index contributed by atoms with van der Waals surface area (Å²) in [6, 6.07) is 12.4. The molecule has 3 aromatic rings. The van der Waals surface area contributed by atoms with Gasteiger partial charge in [-0.15, -0.1) is 0 Å². The number of para-hydroxylation sites is 1. The maximum atomic E-state index is 13.3. The van der Waals surface area contributed by atoms with Gasteiger partial charge in [-0.3, -0.25) is 9.36 Å². The molecule has 0 spiro atoms. The summed E-state index contributed by atoms with van der Waals surface area (Å²) in [6.07, 6.45) is 6.47. The van der Waals surface area contributed by atoms with Crippen LogP contribution in [0, 0.1) is 0 Å². The molecule has 1 aliphatic rings. The van der Waals surface area contributed by atoms with Crippen LogP contribution in [0.1, 0.15) is 51.3 Å². The van der Waals surface area contributed by atoms with E-state index in [1.807, 2.05) is 47.0 Å². The third-order valence-electron chi connectivity index (χ3n) is 6.06. The molecule has 1 aromatic carbocycles. The number of rotatable bonds is 2. The summed E-state index contributed by atoms with van der Waals surface area (Å²) in [5.74, 6) is -0.0917. The van der Waals surface area contributed by atoms with Gasteiger partial charge in [0.25, 0.3) is 0 Å². The van der Waals surface area contributed by atoms with Crippen molar-refractivity contribution in [3.05, 3.63) is 66.0 Å². The molecule has 2 amide bonds. The van der Waals surface area contributed by atoms with E-state index in [0.29, 0.717) is 31.1 Å². The van der Waals surface area contributed by atoms with Crippen LogP contribution in [-0.2, 0) is 25.5 Å². The van der Waals surface area contributed by atoms with Crippen molar-refractivity contribution in [2.45, 2.75) is 58.1 Å². The number of nitrogens with zero attached hydrogens (tertiary/aromatic N) is 2. The fraction of sp³-hybridized carbons (Fsp3) is 0.379. The highest BCUT2D eigenvalue weighted by Crippen LogP contribution is 2.31. The first-order chi connectivity index (χ1) is 18.2. The Bertz CT molecular complexity index is 1320. The molecular weight excluding hydrogens is 484 g/mol. The number of amides is 2. The second-order valence-electron chi connectivity index (χ2n) is 10.2. The fourth-order valence-electron chi connectivity index (χ4n) is 4.42. The molecule has 1 atom stereocenters. The molecular formula is C29H34N4O5. The number of ether oxygens (including phenoxy) is 2. The summed E-state index contributed by atoms with van der Waals surface area (Å²) >= 11 is 0. The lowest BCUT2D eigenvalue weighted by Crippen LogP contribution is -2.49. The highest BCUT2D eigenvalue weighted by Gasteiger charge is 2.28. The van der Waals surface area contributed by atoms with E-state index in [0.717, 1.165) is 29.3 Å². The van der Waals surface area contributed by atoms with Crippen molar-refractivity contribution in [1.82, 2.24) is 20.2 Å². The van der Waals surface area contributed by atoms with E-state index < -0.39 is 23.7 Å². The molecule has 0 aliphatic carbocycles. The second-order valence-corrected chi connectivity index (χ2v) is 10.2. The van der Waals surface area contributed by atoms with Gasteiger partial charge in [0, 0.05) is 30.6 Å². The number of cyclic esters (lactones) is 1. The average Bonchev–Trinajstić information content (AvgIpc) is 3.18. The van der Waals surface area contributed by atoms with Crippen LogP contribution in [0.2, 0.25) is 0 Å². The van der Waals surface area contributed by atoms with Crippen LogP contribution in [0.25, 0.3) is 22.8 Å². The molecule has 0 unspecified atom stereocenters. The number of alkyl carbamates (subject to hydrolysis) is 1. The van der Waals surface area contributed by atoms with E-state index in [1.165, 1.54) is 6.08 Å². The largest absolute Gasteiger partial charge is 0.463 e. The smallest absolute Gasteiger partial charge is 0.408 e.